The van der Waals surface area contributed by atoms with Crippen LogP contribution in [0.3, 0.4) is 0 Å². The van der Waals surface area contributed by atoms with Gasteiger partial charge in [0.15, 0.2) is 0 Å². The summed E-state index contributed by atoms with van der Waals surface area (Å²) in [5.74, 6) is -0.299. The van der Waals surface area contributed by atoms with Crippen molar-refractivity contribution < 1.29 is 9.59 Å². The standard InChI is InChI=1S/C26H28ClN3O2/c1-17-12-13-20(15-21(17)27)30-24(31)23-14-18-8-6-7-11-22(18)29(23)16-26(30,2)25(32)28-19-9-4-3-5-10-19/h6-8,11-15,19H,3-5,9-10,16H2,1-2H3,(H,28,32)/t26-/m1/s1. The molecule has 1 atom stereocenters. The lowest BCUT2D eigenvalue weighted by Gasteiger charge is -2.44. The average molecular weight is 450 g/mol. The third kappa shape index (κ3) is 3.39. The zero-order valence-electron chi connectivity index (χ0n) is 18.5. The van der Waals surface area contributed by atoms with Gasteiger partial charge >= 0.3 is 0 Å². The molecule has 6 heteroatoms. The number of para-hydroxylation sites is 1. The molecule has 0 unspecified atom stereocenters. The van der Waals surface area contributed by atoms with Gasteiger partial charge < -0.3 is 9.88 Å². The smallest absolute Gasteiger partial charge is 0.275 e. The monoisotopic (exact) mass is 449 g/mol. The van der Waals surface area contributed by atoms with E-state index in [4.69, 9.17) is 11.6 Å². The molecule has 2 aromatic carbocycles. The van der Waals surface area contributed by atoms with Crippen molar-refractivity contribution in [3.05, 3.63) is 64.8 Å². The lowest BCUT2D eigenvalue weighted by molar-refractivity contribution is -0.127. The van der Waals surface area contributed by atoms with Crippen LogP contribution in [-0.2, 0) is 11.3 Å². The number of amides is 2. The van der Waals surface area contributed by atoms with Gasteiger partial charge in [-0.3, -0.25) is 14.5 Å². The van der Waals surface area contributed by atoms with E-state index in [2.05, 4.69) is 5.32 Å². The first-order chi connectivity index (χ1) is 15.4. The van der Waals surface area contributed by atoms with Gasteiger partial charge in [0.2, 0.25) is 5.91 Å². The van der Waals surface area contributed by atoms with Crippen molar-refractivity contribution in [1.29, 1.82) is 0 Å². The maximum Gasteiger partial charge on any atom is 0.275 e. The molecule has 5 nitrogen and oxygen atoms in total. The fraction of sp³-hybridized carbons (Fsp3) is 0.385. The summed E-state index contributed by atoms with van der Waals surface area (Å²) in [4.78, 5) is 29.3. The van der Waals surface area contributed by atoms with Crippen molar-refractivity contribution >= 4 is 40.0 Å². The average Bonchev–Trinajstić information content (AvgIpc) is 3.15. The van der Waals surface area contributed by atoms with E-state index in [0.29, 0.717) is 22.9 Å². The summed E-state index contributed by atoms with van der Waals surface area (Å²) >= 11 is 6.43. The van der Waals surface area contributed by atoms with Crippen LogP contribution in [0.25, 0.3) is 10.9 Å². The summed E-state index contributed by atoms with van der Waals surface area (Å²) < 4.78 is 1.99. The lowest BCUT2D eigenvalue weighted by Crippen LogP contribution is -2.65. The number of halogens is 1. The number of hydrogen-bond acceptors (Lipinski definition) is 2. The second kappa shape index (κ2) is 7.96. The molecule has 2 aliphatic rings. The second-order valence-corrected chi connectivity index (χ2v) is 9.74. The molecule has 1 aliphatic heterocycles. The van der Waals surface area contributed by atoms with Crippen LogP contribution in [0.15, 0.2) is 48.5 Å². The van der Waals surface area contributed by atoms with Gasteiger partial charge in [0.25, 0.3) is 5.91 Å². The second-order valence-electron chi connectivity index (χ2n) is 9.33. The Hall–Kier alpha value is -2.79. The van der Waals surface area contributed by atoms with Crippen molar-refractivity contribution in [2.75, 3.05) is 4.90 Å². The molecule has 1 aromatic heterocycles. The van der Waals surface area contributed by atoms with E-state index >= 15 is 0 Å². The van der Waals surface area contributed by atoms with Gasteiger partial charge in [-0.05, 0) is 56.5 Å². The summed E-state index contributed by atoms with van der Waals surface area (Å²) in [6.07, 6.45) is 5.46. The Morgan fingerprint density at radius 1 is 1.09 bits per heavy atom. The molecular weight excluding hydrogens is 422 g/mol. The van der Waals surface area contributed by atoms with Gasteiger partial charge in [-0.25, -0.2) is 0 Å². The normalized spacial score (nSPS) is 21.6. The molecule has 2 heterocycles. The minimum atomic E-state index is -1.08. The molecule has 0 bridgehead atoms. The summed E-state index contributed by atoms with van der Waals surface area (Å²) in [5, 5.41) is 4.84. The summed E-state index contributed by atoms with van der Waals surface area (Å²) in [5.41, 5.74) is 2.05. The molecule has 1 aliphatic carbocycles. The fourth-order valence-electron chi connectivity index (χ4n) is 5.16. The van der Waals surface area contributed by atoms with Crippen molar-refractivity contribution in [3.63, 3.8) is 0 Å². The summed E-state index contributed by atoms with van der Waals surface area (Å²) in [6, 6.07) is 15.6. The Morgan fingerprint density at radius 3 is 2.59 bits per heavy atom. The number of fused-ring (bicyclic) bond motifs is 3. The van der Waals surface area contributed by atoms with E-state index in [-0.39, 0.29) is 17.9 Å². The van der Waals surface area contributed by atoms with Gasteiger partial charge in [-0.15, -0.1) is 0 Å². The molecule has 1 saturated carbocycles. The lowest BCUT2D eigenvalue weighted by atomic mass is 9.91. The van der Waals surface area contributed by atoms with Crippen molar-refractivity contribution in [2.24, 2.45) is 0 Å². The van der Waals surface area contributed by atoms with Crippen LogP contribution in [0, 0.1) is 6.92 Å². The summed E-state index contributed by atoms with van der Waals surface area (Å²) in [7, 11) is 0. The summed E-state index contributed by atoms with van der Waals surface area (Å²) in [6.45, 7) is 4.18. The number of hydrogen-bond donors (Lipinski definition) is 1. The van der Waals surface area contributed by atoms with Crippen LogP contribution < -0.4 is 10.2 Å². The molecule has 32 heavy (non-hydrogen) atoms. The number of carbonyl (C=O) groups is 2. The maximum atomic E-state index is 13.9. The number of nitrogens with one attached hydrogen (secondary N) is 1. The van der Waals surface area contributed by atoms with Gasteiger partial charge in [0, 0.05) is 27.7 Å². The first kappa shape index (κ1) is 21.1. The predicted octanol–water partition coefficient (Wildman–Crippen LogP) is 5.47. The van der Waals surface area contributed by atoms with E-state index < -0.39 is 5.54 Å². The van der Waals surface area contributed by atoms with Crippen LogP contribution in [0.5, 0.6) is 0 Å². The van der Waals surface area contributed by atoms with Crippen molar-refractivity contribution in [2.45, 2.75) is 64.1 Å². The van der Waals surface area contributed by atoms with E-state index in [9.17, 15) is 9.59 Å². The fourth-order valence-corrected chi connectivity index (χ4v) is 5.33. The number of rotatable bonds is 3. The molecule has 0 radical (unpaired) electrons. The molecule has 3 aromatic rings. The molecule has 0 spiro atoms. The molecule has 0 saturated heterocycles. The highest BCUT2D eigenvalue weighted by molar-refractivity contribution is 6.31. The highest BCUT2D eigenvalue weighted by atomic mass is 35.5. The Bertz CT molecular complexity index is 1210. The van der Waals surface area contributed by atoms with Crippen LogP contribution >= 0.6 is 11.6 Å². The van der Waals surface area contributed by atoms with E-state index in [0.717, 1.165) is 42.1 Å². The Balaban J connectivity index is 1.62. The Kier molecular flexibility index (Phi) is 5.25. The van der Waals surface area contributed by atoms with Gasteiger partial charge in [0.05, 0.1) is 6.54 Å². The van der Waals surface area contributed by atoms with E-state index in [1.165, 1.54) is 6.42 Å². The highest BCUT2D eigenvalue weighted by Crippen LogP contribution is 2.37. The topological polar surface area (TPSA) is 54.3 Å². The first-order valence-corrected chi connectivity index (χ1v) is 11.8. The number of nitrogens with zero attached hydrogens (tertiary/aromatic N) is 2. The van der Waals surface area contributed by atoms with Crippen molar-refractivity contribution in [1.82, 2.24) is 9.88 Å². The van der Waals surface area contributed by atoms with Crippen molar-refractivity contribution in [3.8, 4) is 0 Å². The zero-order valence-corrected chi connectivity index (χ0v) is 19.3. The maximum absolute atomic E-state index is 13.9. The molecule has 5 rings (SSSR count). The van der Waals surface area contributed by atoms with Gasteiger partial charge in [-0.1, -0.05) is 55.1 Å². The highest BCUT2D eigenvalue weighted by Gasteiger charge is 2.49. The molecule has 1 fully saturated rings. The predicted molar refractivity (Wildman–Crippen MR) is 128 cm³/mol. The minimum absolute atomic E-state index is 0.113. The first-order valence-electron chi connectivity index (χ1n) is 11.4. The molecule has 166 valence electrons. The number of benzene rings is 2. The van der Waals surface area contributed by atoms with E-state index in [1.807, 2.05) is 60.9 Å². The quantitative estimate of drug-likeness (QED) is 0.576. The minimum Gasteiger partial charge on any atom is -0.351 e. The molecule has 1 N–H and O–H groups in total. The third-order valence-electron chi connectivity index (χ3n) is 7.04. The molecular formula is C26H28ClN3O2. The SMILES string of the molecule is Cc1ccc(N2C(=O)c3cc4ccccc4n3C[C@]2(C)C(=O)NC2CCCCC2)cc1Cl. The number of carbonyl (C=O) groups excluding carboxylic acids is 2. The van der Waals surface area contributed by atoms with Crippen LogP contribution in [0.4, 0.5) is 5.69 Å². The van der Waals surface area contributed by atoms with Gasteiger partial charge in [0.1, 0.15) is 11.2 Å². The number of aromatic nitrogens is 1. The van der Waals surface area contributed by atoms with E-state index in [1.54, 1.807) is 11.0 Å². The van der Waals surface area contributed by atoms with Crippen LogP contribution in [-0.4, -0.2) is 28.0 Å². The van der Waals surface area contributed by atoms with Crippen LogP contribution in [0.2, 0.25) is 5.02 Å². The number of anilines is 1. The third-order valence-corrected chi connectivity index (χ3v) is 7.44. The largest absolute Gasteiger partial charge is 0.351 e. The Labute approximate surface area is 193 Å². The Morgan fingerprint density at radius 2 is 1.84 bits per heavy atom. The number of aryl methyl sites for hydroxylation is 1. The molecule has 2 amide bonds. The van der Waals surface area contributed by atoms with Gasteiger partial charge in [-0.2, -0.15) is 0 Å². The zero-order chi connectivity index (χ0) is 22.5. The van der Waals surface area contributed by atoms with Crippen LogP contribution in [0.1, 0.15) is 55.1 Å².